The van der Waals surface area contributed by atoms with Crippen LogP contribution in [-0.4, -0.2) is 53.7 Å². The molecule has 1 aromatic heterocycles. The molecule has 0 aliphatic carbocycles. The highest BCUT2D eigenvalue weighted by atomic mass is 16.5. The summed E-state index contributed by atoms with van der Waals surface area (Å²) in [7, 11) is 1.65. The summed E-state index contributed by atoms with van der Waals surface area (Å²) in [4.78, 5) is 22.1. The number of aromatic nitrogens is 2. The summed E-state index contributed by atoms with van der Waals surface area (Å²) in [5, 5.41) is 2.96. The lowest BCUT2D eigenvalue weighted by molar-refractivity contribution is 0.178. The van der Waals surface area contributed by atoms with Crippen LogP contribution in [0.2, 0.25) is 0 Å². The van der Waals surface area contributed by atoms with Gasteiger partial charge in [0.15, 0.2) is 0 Å². The molecule has 0 unspecified atom stereocenters. The number of nitrogens with zero attached hydrogens (tertiary/aromatic N) is 3. The van der Waals surface area contributed by atoms with E-state index >= 15 is 0 Å². The van der Waals surface area contributed by atoms with Gasteiger partial charge in [0.05, 0.1) is 13.7 Å². The average molecular weight is 342 g/mol. The van der Waals surface area contributed by atoms with E-state index in [4.69, 9.17) is 9.47 Å². The smallest absolute Gasteiger partial charge is 0.317 e. The Labute approximate surface area is 147 Å². The van der Waals surface area contributed by atoms with E-state index in [1.165, 1.54) is 0 Å². The molecule has 7 heteroatoms. The first-order valence-electron chi connectivity index (χ1n) is 8.34. The quantitative estimate of drug-likeness (QED) is 0.867. The fourth-order valence-electron chi connectivity index (χ4n) is 2.72. The van der Waals surface area contributed by atoms with E-state index in [2.05, 4.69) is 15.3 Å². The molecule has 0 saturated carbocycles. The van der Waals surface area contributed by atoms with Gasteiger partial charge in [-0.2, -0.15) is 0 Å². The molecule has 1 aromatic carbocycles. The molecule has 1 aliphatic heterocycles. The van der Waals surface area contributed by atoms with Crippen molar-refractivity contribution in [2.24, 2.45) is 0 Å². The number of hydrogen-bond donors (Lipinski definition) is 1. The van der Waals surface area contributed by atoms with Crippen LogP contribution in [0.4, 0.5) is 4.79 Å². The number of carbonyl (C=O) groups excluding carboxylic acids is 1. The maximum Gasteiger partial charge on any atom is 0.317 e. The van der Waals surface area contributed by atoms with E-state index in [9.17, 15) is 4.79 Å². The summed E-state index contributed by atoms with van der Waals surface area (Å²) in [5.74, 6) is 0.832. The molecule has 25 heavy (non-hydrogen) atoms. The van der Waals surface area contributed by atoms with E-state index < -0.39 is 0 Å². The molecule has 2 heterocycles. The Morgan fingerprint density at radius 1 is 1.28 bits per heavy atom. The molecule has 132 valence electrons. The zero-order valence-corrected chi connectivity index (χ0v) is 14.2. The molecule has 1 aliphatic rings. The summed E-state index contributed by atoms with van der Waals surface area (Å²) >= 11 is 0. The standard InChI is InChI=1S/C18H22N4O3/c1-24-15-5-3-14(4-6-15)7-11-21-18(23)22-12-8-16(13-22)25-17-19-9-2-10-20-17/h2-6,9-10,16H,7-8,11-13H2,1H3,(H,21,23)/t16-/m0/s1. The Balaban J connectivity index is 1.40. The monoisotopic (exact) mass is 342 g/mol. The molecular formula is C18H22N4O3. The summed E-state index contributed by atoms with van der Waals surface area (Å²) in [5.41, 5.74) is 1.16. The van der Waals surface area contributed by atoms with Crippen molar-refractivity contribution in [1.82, 2.24) is 20.2 Å². The first-order chi connectivity index (χ1) is 12.2. The molecule has 0 bridgehead atoms. The Kier molecular flexibility index (Phi) is 5.66. The summed E-state index contributed by atoms with van der Waals surface area (Å²) in [6, 6.07) is 9.89. The second kappa shape index (κ2) is 8.32. The minimum absolute atomic E-state index is 0.0604. The van der Waals surface area contributed by atoms with Gasteiger partial charge in [0, 0.05) is 31.9 Å². The SMILES string of the molecule is COc1ccc(CCNC(=O)N2CC[C@H](Oc3ncccn3)C2)cc1. The number of likely N-dealkylation sites (tertiary alicyclic amines) is 1. The van der Waals surface area contributed by atoms with Crippen LogP contribution < -0.4 is 14.8 Å². The first kappa shape index (κ1) is 17.0. The van der Waals surface area contributed by atoms with Gasteiger partial charge in [-0.25, -0.2) is 14.8 Å². The van der Waals surface area contributed by atoms with Crippen LogP contribution in [0.15, 0.2) is 42.7 Å². The molecule has 2 aromatic rings. The van der Waals surface area contributed by atoms with Crippen LogP contribution in [0.5, 0.6) is 11.8 Å². The van der Waals surface area contributed by atoms with Crippen molar-refractivity contribution in [2.45, 2.75) is 18.9 Å². The maximum atomic E-state index is 12.2. The number of nitrogens with one attached hydrogen (secondary N) is 1. The van der Waals surface area contributed by atoms with Crippen LogP contribution in [0.3, 0.4) is 0 Å². The third kappa shape index (κ3) is 4.82. The number of ether oxygens (including phenoxy) is 2. The third-order valence-electron chi connectivity index (χ3n) is 4.10. The van der Waals surface area contributed by atoms with Crippen LogP contribution in [0, 0.1) is 0 Å². The molecule has 3 rings (SSSR count). The van der Waals surface area contributed by atoms with Gasteiger partial charge in [0.1, 0.15) is 11.9 Å². The van der Waals surface area contributed by atoms with E-state index in [1.54, 1.807) is 30.5 Å². The fourth-order valence-corrected chi connectivity index (χ4v) is 2.72. The topological polar surface area (TPSA) is 76.6 Å². The lowest BCUT2D eigenvalue weighted by atomic mass is 10.1. The Morgan fingerprint density at radius 2 is 2.04 bits per heavy atom. The minimum Gasteiger partial charge on any atom is -0.497 e. The van der Waals surface area contributed by atoms with E-state index in [0.717, 1.165) is 24.2 Å². The normalized spacial score (nSPS) is 16.5. The number of hydrogen-bond acceptors (Lipinski definition) is 5. The van der Waals surface area contributed by atoms with Gasteiger partial charge >= 0.3 is 12.0 Å². The molecule has 1 atom stereocenters. The number of carbonyl (C=O) groups is 1. The third-order valence-corrected chi connectivity index (χ3v) is 4.10. The van der Waals surface area contributed by atoms with Gasteiger partial charge in [-0.05, 0) is 30.2 Å². The van der Waals surface area contributed by atoms with E-state index in [1.807, 2.05) is 24.3 Å². The highest BCUT2D eigenvalue weighted by Gasteiger charge is 2.27. The zero-order valence-electron chi connectivity index (χ0n) is 14.2. The lowest BCUT2D eigenvalue weighted by Gasteiger charge is -2.17. The van der Waals surface area contributed by atoms with Gasteiger partial charge in [-0.1, -0.05) is 12.1 Å². The first-order valence-corrected chi connectivity index (χ1v) is 8.34. The van der Waals surface area contributed by atoms with Crippen LogP contribution >= 0.6 is 0 Å². The van der Waals surface area contributed by atoms with Crippen molar-refractivity contribution in [2.75, 3.05) is 26.7 Å². The molecule has 0 spiro atoms. The summed E-state index contributed by atoms with van der Waals surface area (Å²) in [6.45, 7) is 1.81. The van der Waals surface area contributed by atoms with E-state index in [0.29, 0.717) is 25.6 Å². The molecule has 1 N–H and O–H groups in total. The highest BCUT2D eigenvalue weighted by Crippen LogP contribution is 2.15. The molecule has 2 amide bonds. The van der Waals surface area contributed by atoms with E-state index in [-0.39, 0.29) is 12.1 Å². The predicted molar refractivity (Wildman–Crippen MR) is 92.7 cm³/mol. The number of rotatable bonds is 6. The molecule has 1 saturated heterocycles. The fraction of sp³-hybridized carbons (Fsp3) is 0.389. The Bertz CT molecular complexity index is 678. The Morgan fingerprint density at radius 3 is 2.76 bits per heavy atom. The van der Waals surface area contributed by atoms with Crippen molar-refractivity contribution in [3.8, 4) is 11.8 Å². The van der Waals surface area contributed by atoms with Gasteiger partial charge < -0.3 is 19.7 Å². The van der Waals surface area contributed by atoms with Gasteiger partial charge in [0.2, 0.25) is 0 Å². The van der Waals surface area contributed by atoms with Crippen molar-refractivity contribution in [3.05, 3.63) is 48.3 Å². The number of methoxy groups -OCH3 is 1. The predicted octanol–water partition coefficient (Wildman–Crippen LogP) is 1.89. The largest absolute Gasteiger partial charge is 0.497 e. The van der Waals surface area contributed by atoms with Crippen molar-refractivity contribution >= 4 is 6.03 Å². The summed E-state index contributed by atoms with van der Waals surface area (Å²) in [6.07, 6.45) is 4.78. The average Bonchev–Trinajstić information content (AvgIpc) is 3.12. The molecule has 7 nitrogen and oxygen atoms in total. The van der Waals surface area contributed by atoms with Gasteiger partial charge in [0.25, 0.3) is 0 Å². The lowest BCUT2D eigenvalue weighted by Crippen LogP contribution is -2.40. The number of benzene rings is 1. The number of amides is 2. The van der Waals surface area contributed by atoms with Crippen molar-refractivity contribution in [1.29, 1.82) is 0 Å². The maximum absolute atomic E-state index is 12.2. The summed E-state index contributed by atoms with van der Waals surface area (Å²) < 4.78 is 10.8. The van der Waals surface area contributed by atoms with Crippen molar-refractivity contribution < 1.29 is 14.3 Å². The number of urea groups is 1. The zero-order chi connectivity index (χ0) is 17.5. The van der Waals surface area contributed by atoms with Crippen molar-refractivity contribution in [3.63, 3.8) is 0 Å². The van der Waals surface area contributed by atoms with Crippen LogP contribution in [0.1, 0.15) is 12.0 Å². The highest BCUT2D eigenvalue weighted by molar-refractivity contribution is 5.74. The van der Waals surface area contributed by atoms with Gasteiger partial charge in [-0.3, -0.25) is 0 Å². The second-order valence-corrected chi connectivity index (χ2v) is 5.84. The second-order valence-electron chi connectivity index (χ2n) is 5.84. The molecule has 0 radical (unpaired) electrons. The molecule has 1 fully saturated rings. The minimum atomic E-state index is -0.0615. The van der Waals surface area contributed by atoms with Crippen LogP contribution in [-0.2, 0) is 6.42 Å². The van der Waals surface area contributed by atoms with Crippen LogP contribution in [0.25, 0.3) is 0 Å². The molecular weight excluding hydrogens is 320 g/mol. The van der Waals surface area contributed by atoms with Gasteiger partial charge in [-0.15, -0.1) is 0 Å². The Hall–Kier alpha value is -2.83.